The zero-order chi connectivity index (χ0) is 9.90. The third-order valence-corrected chi connectivity index (χ3v) is 1.52. The van der Waals surface area contributed by atoms with Crippen LogP contribution in [0, 0.1) is 6.54 Å². The Kier molecular flexibility index (Phi) is 3.14. The van der Waals surface area contributed by atoms with Crippen molar-refractivity contribution in [3.8, 4) is 0 Å². The average Bonchev–Trinajstić information content (AvgIpc) is 2.03. The number of nitrogens with zero attached hydrogens (tertiary/aromatic N) is 1. The summed E-state index contributed by atoms with van der Waals surface area (Å²) in [4.78, 5) is 13.0. The molecule has 0 bridgehead atoms. The third kappa shape index (κ3) is 3.63. The second-order valence-electron chi connectivity index (χ2n) is 3.93. The molecule has 0 spiro atoms. The molecule has 1 fully saturated rings. The van der Waals surface area contributed by atoms with Gasteiger partial charge in [-0.15, -0.1) is 0 Å². The predicted octanol–water partition coefficient (Wildman–Crippen LogP) is 1.42. The number of ether oxygens (including phenoxy) is 2. The van der Waals surface area contributed by atoms with E-state index in [9.17, 15) is 4.79 Å². The highest BCUT2D eigenvalue weighted by atomic mass is 16.6. The molecular weight excluding hydrogens is 170 g/mol. The lowest BCUT2D eigenvalue weighted by Crippen LogP contribution is -2.40. The number of morpholine rings is 1. The third-order valence-electron chi connectivity index (χ3n) is 1.52. The van der Waals surface area contributed by atoms with Crippen LogP contribution in [0.1, 0.15) is 20.8 Å². The van der Waals surface area contributed by atoms with E-state index < -0.39 is 5.60 Å². The van der Waals surface area contributed by atoms with Crippen molar-refractivity contribution in [3.63, 3.8) is 0 Å². The quantitative estimate of drug-likeness (QED) is 0.574. The molecule has 1 amide bonds. The minimum absolute atomic E-state index is 0.296. The summed E-state index contributed by atoms with van der Waals surface area (Å²) >= 11 is 0. The number of amides is 1. The summed E-state index contributed by atoms with van der Waals surface area (Å²) in [6.07, 6.45) is -0.296. The first-order valence-electron chi connectivity index (χ1n) is 4.40. The van der Waals surface area contributed by atoms with E-state index in [1.807, 2.05) is 20.8 Å². The number of carbonyl (C=O) groups is 1. The van der Waals surface area contributed by atoms with Gasteiger partial charge in [0.25, 0.3) is 0 Å². The van der Waals surface area contributed by atoms with Crippen LogP contribution in [0.2, 0.25) is 0 Å². The molecule has 0 aromatic rings. The summed E-state index contributed by atoms with van der Waals surface area (Å²) in [5.41, 5.74) is -0.427. The van der Waals surface area contributed by atoms with E-state index in [1.54, 1.807) is 11.4 Å². The summed E-state index contributed by atoms with van der Waals surface area (Å²) < 4.78 is 10.3. The summed E-state index contributed by atoms with van der Waals surface area (Å²) in [7, 11) is 0. The Labute approximate surface area is 78.8 Å². The zero-order valence-electron chi connectivity index (χ0n) is 8.37. The topological polar surface area (TPSA) is 38.8 Å². The van der Waals surface area contributed by atoms with Gasteiger partial charge in [0, 0.05) is 6.54 Å². The molecule has 1 saturated heterocycles. The second-order valence-corrected chi connectivity index (χ2v) is 3.93. The lowest BCUT2D eigenvalue weighted by Gasteiger charge is -2.29. The van der Waals surface area contributed by atoms with Gasteiger partial charge >= 0.3 is 6.09 Å². The van der Waals surface area contributed by atoms with Crippen LogP contribution in [-0.2, 0) is 9.47 Å². The summed E-state index contributed by atoms with van der Waals surface area (Å²) in [6, 6.07) is 0. The molecule has 0 saturated carbocycles. The van der Waals surface area contributed by atoms with Gasteiger partial charge in [0.15, 0.2) is 0 Å². The molecular formula is C9H16NO3. The van der Waals surface area contributed by atoms with Crippen LogP contribution in [0.3, 0.4) is 0 Å². The van der Waals surface area contributed by atoms with Gasteiger partial charge in [0.2, 0.25) is 0 Å². The van der Waals surface area contributed by atoms with E-state index in [1.165, 1.54) is 0 Å². The molecule has 1 aliphatic rings. The van der Waals surface area contributed by atoms with Crippen molar-refractivity contribution in [1.29, 1.82) is 0 Å². The van der Waals surface area contributed by atoms with Crippen molar-refractivity contribution in [1.82, 2.24) is 4.90 Å². The van der Waals surface area contributed by atoms with E-state index in [-0.39, 0.29) is 6.09 Å². The fourth-order valence-electron chi connectivity index (χ4n) is 0.967. The average molecular weight is 186 g/mol. The predicted molar refractivity (Wildman–Crippen MR) is 48.1 cm³/mol. The molecule has 0 aliphatic carbocycles. The standard InChI is InChI=1S/C9H16NO3/c1-9(2,3)13-8(11)10-4-6-12-7-5-10/h4H,5-7H2,1-3H3. The van der Waals surface area contributed by atoms with Crippen molar-refractivity contribution in [2.45, 2.75) is 26.4 Å². The van der Waals surface area contributed by atoms with Gasteiger partial charge in [-0.05, 0) is 20.8 Å². The molecule has 75 valence electrons. The summed E-state index contributed by atoms with van der Waals surface area (Å²) in [5, 5.41) is 0. The maximum atomic E-state index is 11.4. The van der Waals surface area contributed by atoms with E-state index in [0.717, 1.165) is 0 Å². The zero-order valence-corrected chi connectivity index (χ0v) is 8.37. The Morgan fingerprint density at radius 1 is 1.54 bits per heavy atom. The van der Waals surface area contributed by atoms with Crippen LogP contribution >= 0.6 is 0 Å². The van der Waals surface area contributed by atoms with Crippen molar-refractivity contribution in [2.75, 3.05) is 19.8 Å². The molecule has 1 rings (SSSR count). The van der Waals surface area contributed by atoms with E-state index in [0.29, 0.717) is 19.8 Å². The number of hydrogen-bond acceptors (Lipinski definition) is 3. The highest BCUT2D eigenvalue weighted by Gasteiger charge is 2.23. The van der Waals surface area contributed by atoms with Gasteiger partial charge in [-0.2, -0.15) is 0 Å². The minimum Gasteiger partial charge on any atom is -0.444 e. The first kappa shape index (κ1) is 10.3. The molecule has 0 atom stereocenters. The monoisotopic (exact) mass is 186 g/mol. The Bertz CT molecular complexity index is 180. The van der Waals surface area contributed by atoms with Crippen LogP contribution < -0.4 is 0 Å². The maximum Gasteiger partial charge on any atom is 0.410 e. The van der Waals surface area contributed by atoms with Crippen molar-refractivity contribution in [3.05, 3.63) is 6.54 Å². The first-order valence-corrected chi connectivity index (χ1v) is 4.40. The lowest BCUT2D eigenvalue weighted by molar-refractivity contribution is 0.00736. The van der Waals surface area contributed by atoms with Crippen LogP contribution in [0.4, 0.5) is 4.79 Å². The molecule has 0 aromatic carbocycles. The lowest BCUT2D eigenvalue weighted by atomic mass is 10.2. The molecule has 1 heterocycles. The van der Waals surface area contributed by atoms with Crippen LogP contribution in [0.25, 0.3) is 0 Å². The SMILES string of the molecule is CC(C)(C)OC(=O)N1[CH]COCC1. The molecule has 0 N–H and O–H groups in total. The Morgan fingerprint density at radius 3 is 2.69 bits per heavy atom. The van der Waals surface area contributed by atoms with E-state index >= 15 is 0 Å². The van der Waals surface area contributed by atoms with Gasteiger partial charge in [-0.1, -0.05) is 0 Å². The van der Waals surface area contributed by atoms with Crippen molar-refractivity contribution < 1.29 is 14.3 Å². The number of rotatable bonds is 0. The number of hydrogen-bond donors (Lipinski definition) is 0. The molecule has 0 aromatic heterocycles. The molecule has 13 heavy (non-hydrogen) atoms. The Balaban J connectivity index is 2.38. The number of carbonyl (C=O) groups excluding carboxylic acids is 1. The van der Waals surface area contributed by atoms with E-state index in [2.05, 4.69) is 0 Å². The molecule has 4 nitrogen and oxygen atoms in total. The maximum absolute atomic E-state index is 11.4. The Morgan fingerprint density at radius 2 is 2.23 bits per heavy atom. The minimum atomic E-state index is -0.427. The van der Waals surface area contributed by atoms with Gasteiger partial charge < -0.3 is 9.47 Å². The molecule has 4 heteroatoms. The Hall–Kier alpha value is -0.770. The summed E-state index contributed by atoms with van der Waals surface area (Å²) in [6.45, 7) is 8.91. The van der Waals surface area contributed by atoms with Gasteiger partial charge in [0.05, 0.1) is 19.8 Å². The van der Waals surface area contributed by atoms with Gasteiger partial charge in [-0.3, -0.25) is 4.90 Å². The highest BCUT2D eigenvalue weighted by molar-refractivity contribution is 5.69. The fraction of sp³-hybridized carbons (Fsp3) is 0.778. The first-order chi connectivity index (χ1) is 5.99. The van der Waals surface area contributed by atoms with Crippen LogP contribution in [0.5, 0.6) is 0 Å². The van der Waals surface area contributed by atoms with Crippen LogP contribution in [0.15, 0.2) is 0 Å². The van der Waals surface area contributed by atoms with Gasteiger partial charge in [0.1, 0.15) is 5.60 Å². The highest BCUT2D eigenvalue weighted by Crippen LogP contribution is 2.12. The largest absolute Gasteiger partial charge is 0.444 e. The smallest absolute Gasteiger partial charge is 0.410 e. The van der Waals surface area contributed by atoms with Gasteiger partial charge in [-0.25, -0.2) is 4.79 Å². The molecule has 1 radical (unpaired) electrons. The normalized spacial score (nSPS) is 18.5. The van der Waals surface area contributed by atoms with E-state index in [4.69, 9.17) is 9.47 Å². The second kappa shape index (κ2) is 3.96. The summed E-state index contributed by atoms with van der Waals surface area (Å²) in [5.74, 6) is 0. The molecule has 1 aliphatic heterocycles. The van der Waals surface area contributed by atoms with Crippen molar-refractivity contribution >= 4 is 6.09 Å². The fourth-order valence-corrected chi connectivity index (χ4v) is 0.967. The van der Waals surface area contributed by atoms with Crippen LogP contribution in [-0.4, -0.2) is 36.4 Å². The van der Waals surface area contributed by atoms with Crippen molar-refractivity contribution in [2.24, 2.45) is 0 Å². The molecule has 0 unspecified atom stereocenters.